The molecule has 0 saturated heterocycles. The van der Waals surface area contributed by atoms with Crippen LogP contribution in [0.25, 0.3) is 76.8 Å². The van der Waals surface area contributed by atoms with Crippen LogP contribution in [0, 0.1) is 0 Å². The Bertz CT molecular complexity index is 2290. The minimum absolute atomic E-state index is 1.01. The standard InChI is InChI=1S/C43H28/c1-3-13-34-29(10-1)12-9-19-37(34)43-40-17-7-5-15-38(40)42(39-16-6-8-18-41(39)43)30-22-20-28(21-23-30)31-24-25-36-33(26-31)27-32-11-2-4-14-35(32)36/h1-26H,27H2. The Morgan fingerprint density at radius 3 is 1.56 bits per heavy atom. The predicted octanol–water partition coefficient (Wildman–Crippen LogP) is 11.7. The molecule has 0 heteroatoms. The SMILES string of the molecule is c1ccc2c(c1)Cc1cc(-c3ccc(-c4c5ccccc5c(-c5cccc6ccccc56)c5ccccc45)cc3)ccc1-2. The number of hydrogen-bond donors (Lipinski definition) is 0. The van der Waals surface area contributed by atoms with Crippen LogP contribution in [-0.2, 0) is 6.42 Å². The highest BCUT2D eigenvalue weighted by Crippen LogP contribution is 2.45. The van der Waals surface area contributed by atoms with Gasteiger partial charge in [0.05, 0.1) is 0 Å². The molecule has 0 heterocycles. The van der Waals surface area contributed by atoms with E-state index in [1.54, 1.807) is 0 Å². The Morgan fingerprint density at radius 2 is 0.814 bits per heavy atom. The van der Waals surface area contributed by atoms with E-state index < -0.39 is 0 Å². The van der Waals surface area contributed by atoms with E-state index in [0.29, 0.717) is 0 Å². The molecule has 8 aromatic carbocycles. The van der Waals surface area contributed by atoms with Crippen LogP contribution in [0.3, 0.4) is 0 Å². The van der Waals surface area contributed by atoms with Crippen molar-refractivity contribution in [2.75, 3.05) is 0 Å². The molecule has 200 valence electrons. The molecule has 0 aliphatic heterocycles. The maximum absolute atomic E-state index is 2.38. The molecule has 0 aromatic heterocycles. The van der Waals surface area contributed by atoms with Gasteiger partial charge >= 0.3 is 0 Å². The van der Waals surface area contributed by atoms with E-state index in [4.69, 9.17) is 0 Å². The lowest BCUT2D eigenvalue weighted by molar-refractivity contribution is 1.26. The third-order valence-corrected chi connectivity index (χ3v) is 9.29. The van der Waals surface area contributed by atoms with Gasteiger partial charge in [0.1, 0.15) is 0 Å². The molecule has 0 amide bonds. The predicted molar refractivity (Wildman–Crippen MR) is 184 cm³/mol. The van der Waals surface area contributed by atoms with Gasteiger partial charge in [-0.2, -0.15) is 0 Å². The van der Waals surface area contributed by atoms with E-state index >= 15 is 0 Å². The summed E-state index contributed by atoms with van der Waals surface area (Å²) < 4.78 is 0. The van der Waals surface area contributed by atoms with Gasteiger partial charge in [0, 0.05) is 0 Å². The van der Waals surface area contributed by atoms with Crippen LogP contribution in [0.4, 0.5) is 0 Å². The molecule has 43 heavy (non-hydrogen) atoms. The Balaban J connectivity index is 1.21. The van der Waals surface area contributed by atoms with Crippen molar-refractivity contribution < 1.29 is 0 Å². The quantitative estimate of drug-likeness (QED) is 0.194. The van der Waals surface area contributed by atoms with Crippen LogP contribution < -0.4 is 0 Å². The van der Waals surface area contributed by atoms with E-state index in [-0.39, 0.29) is 0 Å². The van der Waals surface area contributed by atoms with E-state index in [2.05, 4.69) is 158 Å². The second-order valence-corrected chi connectivity index (χ2v) is 11.7. The van der Waals surface area contributed by atoms with Crippen molar-refractivity contribution in [3.05, 3.63) is 169 Å². The lowest BCUT2D eigenvalue weighted by Crippen LogP contribution is -1.91. The average Bonchev–Trinajstić information content (AvgIpc) is 3.45. The van der Waals surface area contributed by atoms with Crippen molar-refractivity contribution in [2.45, 2.75) is 6.42 Å². The van der Waals surface area contributed by atoms with Crippen molar-refractivity contribution in [3.63, 3.8) is 0 Å². The number of rotatable bonds is 3. The highest BCUT2D eigenvalue weighted by Gasteiger charge is 2.20. The molecule has 9 rings (SSSR count). The van der Waals surface area contributed by atoms with Crippen LogP contribution in [0.15, 0.2) is 158 Å². The maximum atomic E-state index is 2.38. The monoisotopic (exact) mass is 544 g/mol. The summed E-state index contributed by atoms with van der Waals surface area (Å²) in [7, 11) is 0. The Kier molecular flexibility index (Phi) is 5.36. The van der Waals surface area contributed by atoms with Crippen LogP contribution in [-0.4, -0.2) is 0 Å². The Labute approximate surface area is 251 Å². The molecule has 0 N–H and O–H groups in total. The van der Waals surface area contributed by atoms with Gasteiger partial charge in [-0.3, -0.25) is 0 Å². The normalized spacial score (nSPS) is 12.1. The topological polar surface area (TPSA) is 0 Å². The second-order valence-electron chi connectivity index (χ2n) is 11.7. The largest absolute Gasteiger partial charge is 0.0619 e. The van der Waals surface area contributed by atoms with Crippen molar-refractivity contribution in [1.29, 1.82) is 0 Å². The minimum Gasteiger partial charge on any atom is -0.0619 e. The zero-order valence-electron chi connectivity index (χ0n) is 23.7. The summed E-state index contributed by atoms with van der Waals surface area (Å²) in [6.45, 7) is 0. The molecule has 0 atom stereocenters. The fraction of sp³-hybridized carbons (Fsp3) is 0.0233. The summed E-state index contributed by atoms with van der Waals surface area (Å²) in [5, 5.41) is 7.70. The van der Waals surface area contributed by atoms with Gasteiger partial charge in [0.25, 0.3) is 0 Å². The number of fused-ring (bicyclic) bond motifs is 6. The second kappa shape index (κ2) is 9.54. The smallest absolute Gasteiger partial charge is 0.00132 e. The zero-order valence-corrected chi connectivity index (χ0v) is 23.7. The van der Waals surface area contributed by atoms with Gasteiger partial charge < -0.3 is 0 Å². The molecule has 8 aromatic rings. The first-order valence-electron chi connectivity index (χ1n) is 15.1. The molecule has 0 nitrogen and oxygen atoms in total. The lowest BCUT2D eigenvalue weighted by atomic mass is 9.84. The van der Waals surface area contributed by atoms with Crippen LogP contribution in [0.2, 0.25) is 0 Å². The molecule has 0 saturated carbocycles. The van der Waals surface area contributed by atoms with Gasteiger partial charge in [-0.25, -0.2) is 0 Å². The van der Waals surface area contributed by atoms with E-state index in [9.17, 15) is 0 Å². The lowest BCUT2D eigenvalue weighted by Gasteiger charge is -2.19. The van der Waals surface area contributed by atoms with E-state index in [1.807, 2.05) is 0 Å². The molecule has 0 unspecified atom stereocenters. The summed E-state index contributed by atoms with van der Waals surface area (Å²) in [4.78, 5) is 0. The Hall–Kier alpha value is -5.46. The third-order valence-electron chi connectivity index (χ3n) is 9.29. The van der Waals surface area contributed by atoms with Crippen LogP contribution in [0.5, 0.6) is 0 Å². The minimum atomic E-state index is 1.01. The van der Waals surface area contributed by atoms with Gasteiger partial charge in [-0.05, 0) is 94.4 Å². The number of benzene rings is 8. The molecular weight excluding hydrogens is 516 g/mol. The maximum Gasteiger partial charge on any atom is -0.00132 e. The zero-order chi connectivity index (χ0) is 28.3. The van der Waals surface area contributed by atoms with E-state index in [1.165, 1.54) is 88.0 Å². The number of hydrogen-bond acceptors (Lipinski definition) is 0. The summed E-state index contributed by atoms with van der Waals surface area (Å²) in [6.07, 6.45) is 1.01. The fourth-order valence-corrected chi connectivity index (χ4v) is 7.33. The average molecular weight is 545 g/mol. The first kappa shape index (κ1) is 24.2. The summed E-state index contributed by atoms with van der Waals surface area (Å²) in [5.74, 6) is 0. The molecular formula is C43H28. The molecule has 1 aliphatic carbocycles. The van der Waals surface area contributed by atoms with Crippen molar-refractivity contribution >= 4 is 32.3 Å². The van der Waals surface area contributed by atoms with Crippen molar-refractivity contribution in [2.24, 2.45) is 0 Å². The highest BCUT2D eigenvalue weighted by molar-refractivity contribution is 6.23. The summed E-state index contributed by atoms with van der Waals surface area (Å²) >= 11 is 0. The van der Waals surface area contributed by atoms with Crippen molar-refractivity contribution in [1.82, 2.24) is 0 Å². The molecule has 0 radical (unpaired) electrons. The molecule has 1 aliphatic rings. The first-order chi connectivity index (χ1) is 21.3. The fourth-order valence-electron chi connectivity index (χ4n) is 7.33. The van der Waals surface area contributed by atoms with Gasteiger partial charge in [0.2, 0.25) is 0 Å². The van der Waals surface area contributed by atoms with Crippen LogP contribution in [0.1, 0.15) is 11.1 Å². The third kappa shape index (κ3) is 3.77. The van der Waals surface area contributed by atoms with Crippen LogP contribution >= 0.6 is 0 Å². The molecule has 0 spiro atoms. The van der Waals surface area contributed by atoms with Crippen molar-refractivity contribution in [3.8, 4) is 44.5 Å². The summed E-state index contributed by atoms with van der Waals surface area (Å²) in [5.41, 5.74) is 13.3. The molecule has 0 bridgehead atoms. The van der Waals surface area contributed by atoms with Gasteiger partial charge in [-0.1, -0.05) is 158 Å². The highest BCUT2D eigenvalue weighted by atomic mass is 14.2. The molecule has 0 fully saturated rings. The summed E-state index contributed by atoms with van der Waals surface area (Å²) in [6, 6.07) is 58.2. The first-order valence-corrected chi connectivity index (χ1v) is 15.1. The van der Waals surface area contributed by atoms with Gasteiger partial charge in [-0.15, -0.1) is 0 Å². The van der Waals surface area contributed by atoms with Gasteiger partial charge in [0.15, 0.2) is 0 Å². The van der Waals surface area contributed by atoms with E-state index in [0.717, 1.165) is 6.42 Å². The Morgan fingerprint density at radius 1 is 0.302 bits per heavy atom.